The Morgan fingerprint density at radius 3 is 2.29 bits per heavy atom. The van der Waals surface area contributed by atoms with Gasteiger partial charge < -0.3 is 5.73 Å². The van der Waals surface area contributed by atoms with Gasteiger partial charge in [0.2, 0.25) is 0 Å². The highest BCUT2D eigenvalue weighted by Crippen LogP contribution is 2.25. The number of hydrogen-bond donors (Lipinski definition) is 1. The molecule has 3 heteroatoms. The molecule has 14 heavy (non-hydrogen) atoms. The van der Waals surface area contributed by atoms with Crippen molar-refractivity contribution in [1.29, 1.82) is 0 Å². The Labute approximate surface area is 102 Å². The summed E-state index contributed by atoms with van der Waals surface area (Å²) >= 11 is 6.88. The molecular weight excluding hydrogens is 306 g/mol. The molecule has 1 aromatic rings. The summed E-state index contributed by atoms with van der Waals surface area (Å²) in [5.41, 5.74) is 8.26. The molecule has 0 unspecified atom stereocenters. The van der Waals surface area contributed by atoms with Crippen LogP contribution in [0.4, 0.5) is 0 Å². The molecule has 1 atom stereocenters. The molecule has 0 aliphatic heterocycles. The molecule has 0 heterocycles. The van der Waals surface area contributed by atoms with Crippen molar-refractivity contribution >= 4 is 31.9 Å². The Morgan fingerprint density at radius 1 is 1.36 bits per heavy atom. The van der Waals surface area contributed by atoms with E-state index in [1.54, 1.807) is 0 Å². The SMILES string of the molecule is C=C(C)C[C@H](N)c1cc(Br)cc(Br)c1. The van der Waals surface area contributed by atoms with Crippen LogP contribution in [-0.2, 0) is 0 Å². The minimum absolute atomic E-state index is 0.0290. The number of hydrogen-bond acceptors (Lipinski definition) is 1. The van der Waals surface area contributed by atoms with Gasteiger partial charge in [-0.05, 0) is 37.1 Å². The first-order valence-electron chi connectivity index (χ1n) is 4.35. The van der Waals surface area contributed by atoms with E-state index in [1.165, 1.54) is 0 Å². The van der Waals surface area contributed by atoms with Crippen molar-refractivity contribution in [1.82, 2.24) is 0 Å². The summed E-state index contributed by atoms with van der Waals surface area (Å²) in [4.78, 5) is 0. The van der Waals surface area contributed by atoms with E-state index in [1.807, 2.05) is 25.1 Å². The summed E-state index contributed by atoms with van der Waals surface area (Å²) in [5, 5.41) is 0. The van der Waals surface area contributed by atoms with Crippen LogP contribution in [-0.4, -0.2) is 0 Å². The zero-order valence-corrected chi connectivity index (χ0v) is 11.2. The monoisotopic (exact) mass is 317 g/mol. The lowest BCUT2D eigenvalue weighted by Crippen LogP contribution is -2.10. The molecule has 0 saturated carbocycles. The van der Waals surface area contributed by atoms with Crippen LogP contribution in [0.1, 0.15) is 24.9 Å². The van der Waals surface area contributed by atoms with Crippen molar-refractivity contribution in [2.45, 2.75) is 19.4 Å². The van der Waals surface area contributed by atoms with E-state index in [9.17, 15) is 0 Å². The van der Waals surface area contributed by atoms with Crippen LogP contribution in [0.25, 0.3) is 0 Å². The Kier molecular flexibility index (Phi) is 4.35. The predicted molar refractivity (Wildman–Crippen MR) is 68.2 cm³/mol. The topological polar surface area (TPSA) is 26.0 Å². The van der Waals surface area contributed by atoms with E-state index in [-0.39, 0.29) is 6.04 Å². The third kappa shape index (κ3) is 3.56. The maximum atomic E-state index is 6.03. The van der Waals surface area contributed by atoms with Crippen molar-refractivity contribution in [2.24, 2.45) is 5.73 Å². The maximum absolute atomic E-state index is 6.03. The van der Waals surface area contributed by atoms with Crippen molar-refractivity contribution in [3.8, 4) is 0 Å². The van der Waals surface area contributed by atoms with E-state index >= 15 is 0 Å². The van der Waals surface area contributed by atoms with Crippen LogP contribution in [0.2, 0.25) is 0 Å². The number of benzene rings is 1. The normalized spacial score (nSPS) is 12.6. The van der Waals surface area contributed by atoms with E-state index in [0.29, 0.717) is 0 Å². The highest BCUT2D eigenvalue weighted by Gasteiger charge is 2.07. The van der Waals surface area contributed by atoms with E-state index in [2.05, 4.69) is 38.4 Å². The van der Waals surface area contributed by atoms with Gasteiger partial charge in [-0.15, -0.1) is 6.58 Å². The molecular formula is C11H13Br2N. The largest absolute Gasteiger partial charge is 0.324 e. The third-order valence-corrected chi connectivity index (χ3v) is 2.80. The fourth-order valence-electron chi connectivity index (χ4n) is 1.28. The Hall–Kier alpha value is -0.120. The van der Waals surface area contributed by atoms with Crippen LogP contribution in [0, 0.1) is 0 Å². The van der Waals surface area contributed by atoms with E-state index in [0.717, 1.165) is 26.5 Å². The zero-order chi connectivity index (χ0) is 10.7. The summed E-state index contributed by atoms with van der Waals surface area (Å²) in [7, 11) is 0. The van der Waals surface area contributed by atoms with E-state index in [4.69, 9.17) is 5.73 Å². The molecule has 0 amide bonds. The highest BCUT2D eigenvalue weighted by atomic mass is 79.9. The Morgan fingerprint density at radius 2 is 1.86 bits per heavy atom. The van der Waals surface area contributed by atoms with Gasteiger partial charge in [0.15, 0.2) is 0 Å². The summed E-state index contributed by atoms with van der Waals surface area (Å²) in [5.74, 6) is 0. The van der Waals surface area contributed by atoms with Crippen molar-refractivity contribution in [3.63, 3.8) is 0 Å². The van der Waals surface area contributed by atoms with Gasteiger partial charge in [-0.3, -0.25) is 0 Å². The van der Waals surface area contributed by atoms with Gasteiger partial charge in [-0.1, -0.05) is 37.4 Å². The van der Waals surface area contributed by atoms with Gasteiger partial charge in [-0.25, -0.2) is 0 Å². The smallest absolute Gasteiger partial charge is 0.0333 e. The molecule has 0 aliphatic carbocycles. The summed E-state index contributed by atoms with van der Waals surface area (Å²) in [6, 6.07) is 6.11. The standard InChI is InChI=1S/C11H13Br2N/c1-7(2)3-11(14)8-4-9(12)6-10(13)5-8/h4-6,11H,1,3,14H2,2H3/t11-/m0/s1. The molecule has 0 fully saturated rings. The summed E-state index contributed by atoms with van der Waals surface area (Å²) < 4.78 is 2.08. The first-order chi connectivity index (χ1) is 6.49. The second-order valence-corrected chi connectivity index (χ2v) is 5.30. The molecule has 1 rings (SSSR count). The first-order valence-corrected chi connectivity index (χ1v) is 5.93. The molecule has 0 aliphatic rings. The van der Waals surface area contributed by atoms with Crippen molar-refractivity contribution in [3.05, 3.63) is 44.9 Å². The van der Waals surface area contributed by atoms with Gasteiger partial charge in [0.05, 0.1) is 0 Å². The average molecular weight is 319 g/mol. The second kappa shape index (κ2) is 5.10. The van der Waals surface area contributed by atoms with Crippen LogP contribution in [0.5, 0.6) is 0 Å². The van der Waals surface area contributed by atoms with Gasteiger partial charge in [0, 0.05) is 15.0 Å². The predicted octanol–water partition coefficient (Wildman–Crippen LogP) is 4.18. The molecule has 0 spiro atoms. The fourth-order valence-corrected chi connectivity index (χ4v) is 2.61. The molecule has 1 nitrogen and oxygen atoms in total. The van der Waals surface area contributed by atoms with Gasteiger partial charge in [0.1, 0.15) is 0 Å². The fraction of sp³-hybridized carbons (Fsp3) is 0.273. The maximum Gasteiger partial charge on any atom is 0.0333 e. The molecule has 0 radical (unpaired) electrons. The average Bonchev–Trinajstić information content (AvgIpc) is 2.00. The zero-order valence-electron chi connectivity index (χ0n) is 8.06. The summed E-state index contributed by atoms with van der Waals surface area (Å²) in [6.07, 6.45) is 0.822. The lowest BCUT2D eigenvalue weighted by atomic mass is 10.0. The van der Waals surface area contributed by atoms with Gasteiger partial charge in [0.25, 0.3) is 0 Å². The molecule has 0 saturated heterocycles. The Balaban J connectivity index is 2.89. The lowest BCUT2D eigenvalue weighted by molar-refractivity contribution is 0.716. The second-order valence-electron chi connectivity index (χ2n) is 3.47. The minimum atomic E-state index is 0.0290. The van der Waals surface area contributed by atoms with E-state index < -0.39 is 0 Å². The van der Waals surface area contributed by atoms with Crippen LogP contribution >= 0.6 is 31.9 Å². The summed E-state index contributed by atoms with van der Waals surface area (Å²) in [6.45, 7) is 5.85. The molecule has 0 aromatic heterocycles. The quantitative estimate of drug-likeness (QED) is 0.831. The first kappa shape index (κ1) is 12.0. The number of halogens is 2. The Bertz CT molecular complexity index is 327. The van der Waals surface area contributed by atoms with Gasteiger partial charge in [-0.2, -0.15) is 0 Å². The molecule has 0 bridgehead atoms. The number of rotatable bonds is 3. The third-order valence-electron chi connectivity index (χ3n) is 1.88. The van der Waals surface area contributed by atoms with Crippen molar-refractivity contribution < 1.29 is 0 Å². The van der Waals surface area contributed by atoms with Crippen molar-refractivity contribution in [2.75, 3.05) is 0 Å². The van der Waals surface area contributed by atoms with Crippen LogP contribution < -0.4 is 5.73 Å². The molecule has 2 N–H and O–H groups in total. The molecule has 76 valence electrons. The van der Waals surface area contributed by atoms with Gasteiger partial charge >= 0.3 is 0 Å². The molecule has 1 aromatic carbocycles. The number of nitrogens with two attached hydrogens (primary N) is 1. The van der Waals surface area contributed by atoms with Crippen LogP contribution in [0.3, 0.4) is 0 Å². The highest BCUT2D eigenvalue weighted by molar-refractivity contribution is 9.11. The lowest BCUT2D eigenvalue weighted by Gasteiger charge is -2.12. The van der Waals surface area contributed by atoms with Crippen LogP contribution in [0.15, 0.2) is 39.3 Å². The minimum Gasteiger partial charge on any atom is -0.324 e.